The Hall–Kier alpha value is -0.850. The van der Waals surface area contributed by atoms with Gasteiger partial charge in [0.2, 0.25) is 0 Å². The van der Waals surface area contributed by atoms with Crippen molar-refractivity contribution in [2.75, 3.05) is 0 Å². The van der Waals surface area contributed by atoms with Gasteiger partial charge in [0.15, 0.2) is 0 Å². The molecule has 0 aromatic rings. The summed E-state index contributed by atoms with van der Waals surface area (Å²) >= 11 is 0. The first-order valence-electron chi connectivity index (χ1n) is 6.01. The molecule has 0 amide bonds. The van der Waals surface area contributed by atoms with Gasteiger partial charge in [-0.1, -0.05) is 54.2 Å². The van der Waals surface area contributed by atoms with Crippen LogP contribution in [0.2, 0.25) is 0 Å². The molecule has 0 spiro atoms. The summed E-state index contributed by atoms with van der Waals surface area (Å²) in [6, 6.07) is 0. The van der Waals surface area contributed by atoms with E-state index in [-0.39, 0.29) is 0 Å². The van der Waals surface area contributed by atoms with E-state index in [1.165, 1.54) is 0 Å². The summed E-state index contributed by atoms with van der Waals surface area (Å²) in [5.74, 6) is 0. The molecule has 1 nitrogen and oxygen atoms in total. The third kappa shape index (κ3) is 32.0. The summed E-state index contributed by atoms with van der Waals surface area (Å²) in [5.41, 5.74) is 2.00. The number of hydrogen-bond acceptors (Lipinski definition) is 1. The van der Waals surface area contributed by atoms with Gasteiger partial charge in [-0.05, 0) is 26.8 Å². The van der Waals surface area contributed by atoms with Gasteiger partial charge in [-0.2, -0.15) is 0 Å². The van der Waals surface area contributed by atoms with Crippen LogP contribution < -0.4 is 0 Å². The van der Waals surface area contributed by atoms with Crippen molar-refractivity contribution < 1.29 is 0 Å². The second-order valence-corrected chi connectivity index (χ2v) is 1.89. The van der Waals surface area contributed by atoms with Crippen molar-refractivity contribution in [1.29, 1.82) is 0 Å². The van der Waals surface area contributed by atoms with Gasteiger partial charge in [-0.3, -0.25) is 4.99 Å². The van der Waals surface area contributed by atoms with Crippen molar-refractivity contribution in [3.8, 4) is 0 Å². The molecule has 0 aliphatic heterocycles. The van der Waals surface area contributed by atoms with Gasteiger partial charge in [-0.25, -0.2) is 0 Å². The molecule has 15 heavy (non-hydrogen) atoms. The van der Waals surface area contributed by atoms with E-state index in [4.69, 9.17) is 0 Å². The number of hydrogen-bond donors (Lipinski definition) is 0. The summed E-state index contributed by atoms with van der Waals surface area (Å²) in [6.07, 6.45) is 3.71. The molecule has 0 bridgehead atoms. The maximum atomic E-state index is 4.17. The van der Waals surface area contributed by atoms with Crippen LogP contribution in [-0.2, 0) is 0 Å². The van der Waals surface area contributed by atoms with Crippen LogP contribution in [0.3, 0.4) is 0 Å². The van der Waals surface area contributed by atoms with Crippen LogP contribution in [0, 0.1) is 0 Å². The topological polar surface area (TPSA) is 12.4 Å². The van der Waals surface area contributed by atoms with E-state index in [9.17, 15) is 0 Å². The Morgan fingerprint density at radius 3 is 1.47 bits per heavy atom. The quantitative estimate of drug-likeness (QED) is 0.527. The summed E-state index contributed by atoms with van der Waals surface area (Å²) in [5, 5.41) is 0. The zero-order chi connectivity index (χ0) is 13.3. The van der Waals surface area contributed by atoms with Crippen LogP contribution in [0.25, 0.3) is 0 Å². The van der Waals surface area contributed by atoms with Gasteiger partial charge in [-0.15, -0.1) is 0 Å². The van der Waals surface area contributed by atoms with Gasteiger partial charge in [0.05, 0.1) is 0 Å². The summed E-state index contributed by atoms with van der Waals surface area (Å²) in [6.45, 7) is 21.5. The Balaban J connectivity index is -0.0000000860. The highest BCUT2D eigenvalue weighted by Gasteiger charge is 1.80. The molecule has 0 fully saturated rings. The Morgan fingerprint density at radius 2 is 1.27 bits per heavy atom. The van der Waals surface area contributed by atoms with Gasteiger partial charge in [0.25, 0.3) is 0 Å². The molecule has 0 aromatic carbocycles. The highest BCUT2D eigenvalue weighted by Crippen LogP contribution is 1.94. The Bertz CT molecular complexity index is 153. The minimum atomic E-state index is 0.964. The molecule has 0 rings (SSSR count). The largest absolute Gasteiger partial charge is 0.259 e. The van der Waals surface area contributed by atoms with E-state index >= 15 is 0 Å². The van der Waals surface area contributed by atoms with E-state index < -0.39 is 0 Å². The van der Waals surface area contributed by atoms with E-state index in [1.807, 2.05) is 68.4 Å². The first-order valence-corrected chi connectivity index (χ1v) is 6.01. The maximum Gasteiger partial charge on any atom is 0.0369 e. The van der Waals surface area contributed by atoms with Gasteiger partial charge < -0.3 is 0 Å². The lowest BCUT2D eigenvalue weighted by Gasteiger charge is -1.90. The third-order valence-electron chi connectivity index (χ3n) is 1.07. The van der Waals surface area contributed by atoms with Gasteiger partial charge in [0.1, 0.15) is 0 Å². The molecule has 0 N–H and O–H groups in total. The fourth-order valence-corrected chi connectivity index (χ4v) is 0.388. The second-order valence-electron chi connectivity index (χ2n) is 1.89. The average Bonchev–Trinajstić information content (AvgIpc) is 2.36. The third-order valence-corrected chi connectivity index (χ3v) is 1.07. The monoisotopic (exact) mass is 213 g/mol. The molecular formula is C14H31N. The first kappa shape index (κ1) is 23.8. The lowest BCUT2D eigenvalue weighted by molar-refractivity contribution is 1.28. The highest BCUT2D eigenvalue weighted by molar-refractivity contribution is 5.92. The fraction of sp³-hybridized carbons (Fsp3) is 0.643. The zero-order valence-electron chi connectivity index (χ0n) is 12.3. The predicted molar refractivity (Wildman–Crippen MR) is 76.8 cm³/mol. The Kier molecular flexibility index (Phi) is 46.3. The number of rotatable bonds is 2. The zero-order valence-corrected chi connectivity index (χ0v) is 12.3. The van der Waals surface area contributed by atoms with E-state index in [2.05, 4.69) is 11.6 Å². The van der Waals surface area contributed by atoms with Crippen LogP contribution in [0.1, 0.15) is 62.3 Å². The smallest absolute Gasteiger partial charge is 0.0369 e. The number of aliphatic imine (C=N–C) groups is 1. The molecule has 0 aromatic heterocycles. The van der Waals surface area contributed by atoms with Crippen molar-refractivity contribution in [2.45, 2.75) is 62.3 Å². The summed E-state index contributed by atoms with van der Waals surface area (Å²) in [7, 11) is 0. The van der Waals surface area contributed by atoms with Crippen molar-refractivity contribution in [2.24, 2.45) is 4.99 Å². The van der Waals surface area contributed by atoms with Gasteiger partial charge in [0, 0.05) is 11.4 Å². The SMILES string of the molecule is C=CC(C)=N/C(C)=C\C.CC.CC.CC. The Labute approximate surface area is 98.0 Å². The van der Waals surface area contributed by atoms with E-state index in [0.717, 1.165) is 11.4 Å². The number of nitrogens with zero attached hydrogens (tertiary/aromatic N) is 1. The normalized spacial score (nSPS) is 9.40. The minimum Gasteiger partial charge on any atom is -0.259 e. The van der Waals surface area contributed by atoms with Crippen LogP contribution in [0.15, 0.2) is 29.4 Å². The summed E-state index contributed by atoms with van der Waals surface area (Å²) in [4.78, 5) is 4.17. The number of allylic oxidation sites excluding steroid dienone is 3. The van der Waals surface area contributed by atoms with Crippen molar-refractivity contribution >= 4 is 5.71 Å². The van der Waals surface area contributed by atoms with Crippen LogP contribution in [0.5, 0.6) is 0 Å². The van der Waals surface area contributed by atoms with Crippen molar-refractivity contribution in [1.82, 2.24) is 0 Å². The fourth-order valence-electron chi connectivity index (χ4n) is 0.388. The standard InChI is InChI=1S/C8H13N.3C2H6/c1-5-7(3)9-8(4)6-2;3*1-2/h5-6H,1H2,2-4H3;3*1-2H3/b8-6-,9-7?;;;. The molecule has 0 radical (unpaired) electrons. The Morgan fingerprint density at radius 1 is 0.933 bits per heavy atom. The molecule has 0 heterocycles. The molecule has 0 saturated carbocycles. The lowest BCUT2D eigenvalue weighted by Crippen LogP contribution is -1.82. The molecule has 0 saturated heterocycles. The molecular weight excluding hydrogens is 182 g/mol. The van der Waals surface area contributed by atoms with Crippen LogP contribution in [-0.4, -0.2) is 5.71 Å². The average molecular weight is 213 g/mol. The molecule has 1 heteroatoms. The van der Waals surface area contributed by atoms with Crippen LogP contribution in [0.4, 0.5) is 0 Å². The first-order chi connectivity index (χ1) is 7.20. The maximum absolute atomic E-state index is 4.17. The second kappa shape index (κ2) is 29.2. The molecule has 0 aliphatic carbocycles. The minimum absolute atomic E-state index is 0.964. The van der Waals surface area contributed by atoms with Crippen molar-refractivity contribution in [3.63, 3.8) is 0 Å². The predicted octanol–water partition coefficient (Wildman–Crippen LogP) is 5.64. The molecule has 0 aliphatic rings. The highest BCUT2D eigenvalue weighted by atomic mass is 14.7. The molecule has 0 atom stereocenters. The lowest BCUT2D eigenvalue weighted by atomic mass is 10.4. The van der Waals surface area contributed by atoms with Crippen molar-refractivity contribution in [3.05, 3.63) is 24.4 Å². The molecule has 92 valence electrons. The van der Waals surface area contributed by atoms with Crippen LogP contribution >= 0.6 is 0 Å². The molecule has 0 unspecified atom stereocenters. The summed E-state index contributed by atoms with van der Waals surface area (Å²) < 4.78 is 0. The van der Waals surface area contributed by atoms with E-state index in [0.29, 0.717) is 0 Å². The van der Waals surface area contributed by atoms with Gasteiger partial charge >= 0.3 is 0 Å². The van der Waals surface area contributed by atoms with E-state index in [1.54, 1.807) is 6.08 Å².